The van der Waals surface area contributed by atoms with E-state index >= 15 is 0 Å². The van der Waals surface area contributed by atoms with Crippen molar-refractivity contribution in [2.24, 2.45) is 5.92 Å². The van der Waals surface area contributed by atoms with Crippen LogP contribution in [0.25, 0.3) is 0 Å². The molecule has 1 heterocycles. The lowest BCUT2D eigenvalue weighted by atomic mass is 10.0. The molecule has 22 heavy (non-hydrogen) atoms. The first kappa shape index (κ1) is 15.8. The van der Waals surface area contributed by atoms with Gasteiger partial charge in [-0.2, -0.15) is 13.2 Å². The van der Waals surface area contributed by atoms with Crippen molar-refractivity contribution in [1.82, 2.24) is 10.2 Å². The van der Waals surface area contributed by atoms with Crippen molar-refractivity contribution in [2.75, 3.05) is 19.6 Å². The van der Waals surface area contributed by atoms with Gasteiger partial charge in [0.2, 0.25) is 0 Å². The zero-order valence-electron chi connectivity index (χ0n) is 12.7. The van der Waals surface area contributed by atoms with Crippen molar-refractivity contribution in [1.29, 1.82) is 0 Å². The first-order valence-electron chi connectivity index (χ1n) is 8.13. The van der Waals surface area contributed by atoms with E-state index in [4.69, 9.17) is 0 Å². The van der Waals surface area contributed by atoms with Crippen LogP contribution in [0.3, 0.4) is 0 Å². The van der Waals surface area contributed by atoms with E-state index in [0.29, 0.717) is 12.0 Å². The Hall–Kier alpha value is -1.07. The van der Waals surface area contributed by atoms with Crippen molar-refractivity contribution in [3.63, 3.8) is 0 Å². The minimum absolute atomic E-state index is 0.563. The number of halogens is 3. The highest BCUT2D eigenvalue weighted by Crippen LogP contribution is 2.30. The Labute approximate surface area is 129 Å². The molecule has 122 valence electrons. The number of alkyl halides is 3. The van der Waals surface area contributed by atoms with Crippen LogP contribution in [0.5, 0.6) is 0 Å². The molecule has 5 heteroatoms. The smallest absolute Gasteiger partial charge is 0.316 e. The lowest BCUT2D eigenvalue weighted by Gasteiger charge is -2.36. The van der Waals surface area contributed by atoms with E-state index in [0.717, 1.165) is 31.7 Å². The summed E-state index contributed by atoms with van der Waals surface area (Å²) >= 11 is 0. The summed E-state index contributed by atoms with van der Waals surface area (Å²) in [6, 6.07) is 6.26. The Balaban J connectivity index is 1.66. The van der Waals surface area contributed by atoms with Gasteiger partial charge in [0.05, 0.1) is 5.56 Å². The first-order chi connectivity index (χ1) is 10.5. The number of rotatable bonds is 5. The molecule has 0 amide bonds. The highest BCUT2D eigenvalue weighted by molar-refractivity contribution is 5.24. The molecule has 0 radical (unpaired) electrons. The van der Waals surface area contributed by atoms with Crippen LogP contribution >= 0.6 is 0 Å². The summed E-state index contributed by atoms with van der Waals surface area (Å²) < 4.78 is 37.9. The molecule has 3 rings (SSSR count). The van der Waals surface area contributed by atoms with E-state index in [1.54, 1.807) is 12.1 Å². The Morgan fingerprint density at radius 1 is 1.05 bits per heavy atom. The summed E-state index contributed by atoms with van der Waals surface area (Å²) in [6.45, 7) is 3.95. The predicted molar refractivity (Wildman–Crippen MR) is 80.5 cm³/mol. The van der Waals surface area contributed by atoms with Crippen molar-refractivity contribution >= 4 is 0 Å². The summed E-state index contributed by atoms with van der Waals surface area (Å²) in [5.41, 5.74) is 0.416. The van der Waals surface area contributed by atoms with Gasteiger partial charge in [-0.15, -0.1) is 0 Å². The van der Waals surface area contributed by atoms with Crippen LogP contribution in [0, 0.1) is 5.92 Å². The van der Waals surface area contributed by atoms with Crippen molar-refractivity contribution in [3.05, 3.63) is 35.4 Å². The maximum absolute atomic E-state index is 12.6. The maximum Gasteiger partial charge on any atom is 0.416 e. The van der Waals surface area contributed by atoms with Gasteiger partial charge in [0.25, 0.3) is 0 Å². The summed E-state index contributed by atoms with van der Waals surface area (Å²) in [5, 5.41) is 3.29. The molecule has 1 aromatic carbocycles. The topological polar surface area (TPSA) is 15.3 Å². The van der Waals surface area contributed by atoms with E-state index in [2.05, 4.69) is 10.2 Å². The highest BCUT2D eigenvalue weighted by Gasteiger charge is 2.30. The fourth-order valence-corrected chi connectivity index (χ4v) is 3.45. The van der Waals surface area contributed by atoms with Crippen LogP contribution in [-0.4, -0.2) is 30.6 Å². The minimum Gasteiger partial charge on any atom is -0.316 e. The second-order valence-corrected chi connectivity index (χ2v) is 6.59. The number of nitrogens with one attached hydrogen (secondary N) is 1. The monoisotopic (exact) mass is 312 g/mol. The standard InChI is InChI=1S/C17H23F3N2/c18-17(19,20)15-7-5-13(6-8-15)11-22(12-14-9-21-10-14)16-3-1-2-4-16/h5-8,14,16,21H,1-4,9-12H2. The average molecular weight is 312 g/mol. The Morgan fingerprint density at radius 3 is 2.18 bits per heavy atom. The number of nitrogens with zero attached hydrogens (tertiary/aromatic N) is 1. The van der Waals surface area contributed by atoms with Gasteiger partial charge in [-0.1, -0.05) is 25.0 Å². The molecule has 0 spiro atoms. The Kier molecular flexibility index (Phi) is 4.73. The number of hydrogen-bond acceptors (Lipinski definition) is 2. The van der Waals surface area contributed by atoms with Gasteiger partial charge in [-0.05, 0) is 36.5 Å². The van der Waals surface area contributed by atoms with Crippen LogP contribution < -0.4 is 5.32 Å². The quantitative estimate of drug-likeness (QED) is 0.892. The second kappa shape index (κ2) is 6.59. The van der Waals surface area contributed by atoms with Gasteiger partial charge in [0, 0.05) is 32.2 Å². The van der Waals surface area contributed by atoms with E-state index in [1.807, 2.05) is 0 Å². The van der Waals surface area contributed by atoms with Gasteiger partial charge < -0.3 is 5.32 Å². The zero-order valence-corrected chi connectivity index (χ0v) is 12.7. The van der Waals surface area contributed by atoms with Gasteiger partial charge >= 0.3 is 6.18 Å². The maximum atomic E-state index is 12.6. The molecule has 2 aliphatic rings. The Bertz CT molecular complexity index is 474. The summed E-state index contributed by atoms with van der Waals surface area (Å²) in [4.78, 5) is 2.49. The second-order valence-electron chi connectivity index (χ2n) is 6.59. The minimum atomic E-state index is -4.25. The first-order valence-corrected chi connectivity index (χ1v) is 8.13. The lowest BCUT2D eigenvalue weighted by molar-refractivity contribution is -0.137. The predicted octanol–water partition coefficient (Wildman–Crippen LogP) is 3.67. The van der Waals surface area contributed by atoms with Crippen molar-refractivity contribution in [2.45, 2.75) is 44.4 Å². The van der Waals surface area contributed by atoms with Gasteiger partial charge in [-0.25, -0.2) is 0 Å². The molecule has 1 aliphatic carbocycles. The van der Waals surface area contributed by atoms with Crippen molar-refractivity contribution in [3.8, 4) is 0 Å². The largest absolute Gasteiger partial charge is 0.416 e. The summed E-state index contributed by atoms with van der Waals surface area (Å²) in [6.07, 6.45) is 0.747. The third kappa shape index (κ3) is 3.82. The summed E-state index contributed by atoms with van der Waals surface area (Å²) in [5.74, 6) is 0.690. The Morgan fingerprint density at radius 2 is 1.68 bits per heavy atom. The number of hydrogen-bond donors (Lipinski definition) is 1. The SMILES string of the molecule is FC(F)(F)c1ccc(CN(CC2CNC2)C2CCCC2)cc1. The molecule has 0 bridgehead atoms. The third-order valence-corrected chi connectivity index (χ3v) is 4.87. The fraction of sp³-hybridized carbons (Fsp3) is 0.647. The molecular weight excluding hydrogens is 289 g/mol. The number of benzene rings is 1. The summed E-state index contributed by atoms with van der Waals surface area (Å²) in [7, 11) is 0. The van der Waals surface area contributed by atoms with Crippen LogP contribution in [0.15, 0.2) is 24.3 Å². The third-order valence-electron chi connectivity index (χ3n) is 4.87. The van der Waals surface area contributed by atoms with Gasteiger partial charge in [0.15, 0.2) is 0 Å². The van der Waals surface area contributed by atoms with Crippen molar-refractivity contribution < 1.29 is 13.2 Å². The molecule has 2 nitrogen and oxygen atoms in total. The molecule has 1 saturated carbocycles. The van der Waals surface area contributed by atoms with Gasteiger partial charge in [-0.3, -0.25) is 4.90 Å². The zero-order chi connectivity index (χ0) is 15.6. The molecule has 0 atom stereocenters. The molecular formula is C17H23F3N2. The average Bonchev–Trinajstić information content (AvgIpc) is 2.95. The van der Waals surface area contributed by atoms with Crippen LogP contribution in [0.1, 0.15) is 36.8 Å². The van der Waals surface area contributed by atoms with E-state index < -0.39 is 11.7 Å². The molecule has 0 unspecified atom stereocenters. The lowest BCUT2D eigenvalue weighted by Crippen LogP contribution is -2.49. The van der Waals surface area contributed by atoms with Gasteiger partial charge in [0.1, 0.15) is 0 Å². The molecule has 2 fully saturated rings. The van der Waals surface area contributed by atoms with Crippen LogP contribution in [0.2, 0.25) is 0 Å². The molecule has 0 aromatic heterocycles. The fourth-order valence-electron chi connectivity index (χ4n) is 3.45. The van der Waals surface area contributed by atoms with Crippen LogP contribution in [-0.2, 0) is 12.7 Å². The molecule has 1 aromatic rings. The highest BCUT2D eigenvalue weighted by atomic mass is 19.4. The molecule has 1 N–H and O–H groups in total. The van der Waals surface area contributed by atoms with E-state index in [1.165, 1.54) is 37.8 Å². The molecule has 1 aliphatic heterocycles. The van der Waals surface area contributed by atoms with E-state index in [9.17, 15) is 13.2 Å². The van der Waals surface area contributed by atoms with Crippen LogP contribution in [0.4, 0.5) is 13.2 Å². The normalized spacial score (nSPS) is 20.5. The van der Waals surface area contributed by atoms with E-state index in [-0.39, 0.29) is 0 Å². The molecule has 1 saturated heterocycles.